The van der Waals surface area contributed by atoms with Crippen LogP contribution in [0.4, 0.5) is 5.69 Å². The van der Waals surface area contributed by atoms with Crippen LogP contribution in [0, 0.1) is 6.92 Å². The Morgan fingerprint density at radius 3 is 2.81 bits per heavy atom. The molecule has 0 saturated heterocycles. The van der Waals surface area contributed by atoms with Gasteiger partial charge in [0, 0.05) is 6.04 Å². The molecular weight excluding hydrogens is 270 g/mol. The minimum Gasteiger partial charge on any atom is -0.491 e. The summed E-state index contributed by atoms with van der Waals surface area (Å²) in [5, 5.41) is 9.79. The maximum absolute atomic E-state index is 11.3. The number of rotatable bonds is 5. The van der Waals surface area contributed by atoms with Crippen molar-refractivity contribution in [2.45, 2.75) is 26.3 Å². The van der Waals surface area contributed by atoms with Crippen LogP contribution in [0.15, 0.2) is 18.2 Å². The Hall–Kier alpha value is -2.34. The number of carboxylic acids is 1. The number of fused-ring (bicyclic) bond motifs is 1. The highest BCUT2D eigenvalue weighted by Crippen LogP contribution is 2.33. The molecule has 0 saturated carbocycles. The summed E-state index contributed by atoms with van der Waals surface area (Å²) in [4.78, 5) is 15.6. The van der Waals surface area contributed by atoms with E-state index < -0.39 is 5.97 Å². The summed E-state index contributed by atoms with van der Waals surface area (Å²) in [6.07, 6.45) is 0.790. The normalized spacial score (nSPS) is 12.3. The molecule has 2 rings (SSSR count). The van der Waals surface area contributed by atoms with Crippen LogP contribution in [0.5, 0.6) is 5.75 Å². The zero-order valence-electron chi connectivity index (χ0n) is 12.1. The Balaban J connectivity index is 2.57. The van der Waals surface area contributed by atoms with Gasteiger partial charge in [-0.15, -0.1) is 0 Å². The number of nitrogen functional groups attached to an aromatic ring is 1. The third kappa shape index (κ3) is 2.90. The first kappa shape index (κ1) is 15.1. The molecule has 21 heavy (non-hydrogen) atoms. The molecule has 0 radical (unpaired) electrons. The average Bonchev–Trinajstić information content (AvgIpc) is 2.43. The number of aryl methyl sites for hydroxylation is 1. The molecule has 1 heterocycles. The topological polar surface area (TPSA) is 111 Å². The zero-order valence-corrected chi connectivity index (χ0v) is 12.1. The number of carboxylic acid groups (broad SMARTS) is 1. The predicted octanol–water partition coefficient (Wildman–Crippen LogP) is 1.94. The summed E-state index contributed by atoms with van der Waals surface area (Å²) in [7, 11) is 0. The molecule has 0 amide bonds. The van der Waals surface area contributed by atoms with Gasteiger partial charge in [0.2, 0.25) is 0 Å². The fraction of sp³-hybridized carbons (Fsp3) is 0.333. The standard InChI is InChI=1S/C15H19N3O3/c1-3-9(16)7-21-11-6-4-5-10-13(11)14(17)12(15(19)20)8(2)18-10/h4-6,9H,3,7,16H2,1-2H3,(H2,17,18)(H,19,20). The van der Waals surface area contributed by atoms with Crippen molar-refractivity contribution in [1.29, 1.82) is 0 Å². The van der Waals surface area contributed by atoms with Crippen LogP contribution >= 0.6 is 0 Å². The van der Waals surface area contributed by atoms with E-state index in [1.165, 1.54) is 0 Å². The van der Waals surface area contributed by atoms with Crippen molar-refractivity contribution >= 4 is 22.6 Å². The van der Waals surface area contributed by atoms with Gasteiger partial charge in [-0.3, -0.25) is 4.98 Å². The van der Waals surface area contributed by atoms with Gasteiger partial charge < -0.3 is 21.3 Å². The van der Waals surface area contributed by atoms with Crippen LogP contribution in [0.25, 0.3) is 10.9 Å². The van der Waals surface area contributed by atoms with Gasteiger partial charge >= 0.3 is 5.97 Å². The van der Waals surface area contributed by atoms with Crippen molar-refractivity contribution in [2.75, 3.05) is 12.3 Å². The minimum absolute atomic E-state index is 0.0124. The molecule has 0 bridgehead atoms. The van der Waals surface area contributed by atoms with Gasteiger partial charge in [0.05, 0.1) is 22.3 Å². The van der Waals surface area contributed by atoms with E-state index in [1.54, 1.807) is 25.1 Å². The number of nitrogens with two attached hydrogens (primary N) is 2. The maximum atomic E-state index is 11.3. The SMILES string of the molecule is CCC(N)COc1cccc2nc(C)c(C(=O)O)c(N)c12. The number of carbonyl (C=O) groups is 1. The first-order valence-electron chi connectivity index (χ1n) is 6.76. The third-order valence-corrected chi connectivity index (χ3v) is 3.38. The molecular formula is C15H19N3O3. The molecule has 112 valence electrons. The van der Waals surface area contributed by atoms with Crippen LogP contribution in [0.2, 0.25) is 0 Å². The quantitative estimate of drug-likeness (QED) is 0.775. The number of hydrogen-bond donors (Lipinski definition) is 3. The molecule has 6 heteroatoms. The first-order valence-corrected chi connectivity index (χ1v) is 6.76. The second-order valence-corrected chi connectivity index (χ2v) is 4.92. The van der Waals surface area contributed by atoms with E-state index in [0.717, 1.165) is 6.42 Å². The average molecular weight is 289 g/mol. The van der Waals surface area contributed by atoms with Gasteiger partial charge in [-0.1, -0.05) is 13.0 Å². The molecule has 0 fully saturated rings. The Kier molecular flexibility index (Phi) is 4.28. The molecule has 0 aliphatic carbocycles. The lowest BCUT2D eigenvalue weighted by molar-refractivity contribution is 0.0697. The summed E-state index contributed by atoms with van der Waals surface area (Å²) in [6, 6.07) is 5.22. The Bertz CT molecular complexity index is 685. The van der Waals surface area contributed by atoms with Crippen LogP contribution in [-0.4, -0.2) is 28.7 Å². The Morgan fingerprint density at radius 2 is 2.19 bits per heavy atom. The molecule has 0 spiro atoms. The first-order chi connectivity index (χ1) is 9.95. The minimum atomic E-state index is -1.10. The smallest absolute Gasteiger partial charge is 0.339 e. The molecule has 1 aromatic heterocycles. The maximum Gasteiger partial charge on any atom is 0.339 e. The van der Waals surface area contributed by atoms with E-state index in [2.05, 4.69) is 4.98 Å². The summed E-state index contributed by atoms with van der Waals surface area (Å²) >= 11 is 0. The number of nitrogens with zero attached hydrogens (tertiary/aromatic N) is 1. The summed E-state index contributed by atoms with van der Waals surface area (Å²) < 4.78 is 5.69. The molecule has 5 N–H and O–H groups in total. The van der Waals surface area contributed by atoms with Crippen molar-refractivity contribution in [2.24, 2.45) is 5.73 Å². The Labute approximate surface area is 122 Å². The van der Waals surface area contributed by atoms with E-state index in [9.17, 15) is 9.90 Å². The molecule has 1 unspecified atom stereocenters. The van der Waals surface area contributed by atoms with E-state index in [1.807, 2.05) is 6.92 Å². The van der Waals surface area contributed by atoms with Crippen molar-refractivity contribution in [3.05, 3.63) is 29.5 Å². The summed E-state index contributed by atoms with van der Waals surface area (Å²) in [5.74, 6) is -0.594. The predicted molar refractivity (Wildman–Crippen MR) is 81.6 cm³/mol. The fourth-order valence-corrected chi connectivity index (χ4v) is 2.14. The van der Waals surface area contributed by atoms with Crippen molar-refractivity contribution < 1.29 is 14.6 Å². The van der Waals surface area contributed by atoms with Crippen LogP contribution in [0.1, 0.15) is 29.4 Å². The highest BCUT2D eigenvalue weighted by Gasteiger charge is 2.19. The number of benzene rings is 1. The lowest BCUT2D eigenvalue weighted by Gasteiger charge is -2.15. The van der Waals surface area contributed by atoms with Gasteiger partial charge in [-0.05, 0) is 25.5 Å². The highest BCUT2D eigenvalue weighted by molar-refractivity contribution is 6.06. The third-order valence-electron chi connectivity index (χ3n) is 3.38. The number of ether oxygens (including phenoxy) is 1. The largest absolute Gasteiger partial charge is 0.491 e. The van der Waals surface area contributed by atoms with Crippen LogP contribution in [0.3, 0.4) is 0 Å². The van der Waals surface area contributed by atoms with Crippen molar-refractivity contribution in [3.63, 3.8) is 0 Å². The lowest BCUT2D eigenvalue weighted by Crippen LogP contribution is -2.26. The van der Waals surface area contributed by atoms with E-state index >= 15 is 0 Å². The van der Waals surface area contributed by atoms with Gasteiger partial charge in [0.25, 0.3) is 0 Å². The monoisotopic (exact) mass is 289 g/mol. The number of aromatic nitrogens is 1. The van der Waals surface area contributed by atoms with Gasteiger partial charge in [-0.2, -0.15) is 0 Å². The summed E-state index contributed by atoms with van der Waals surface area (Å²) in [5.41, 5.74) is 13.0. The number of aromatic carboxylic acids is 1. The van der Waals surface area contributed by atoms with E-state index in [0.29, 0.717) is 29.0 Å². The van der Waals surface area contributed by atoms with Gasteiger partial charge in [0.15, 0.2) is 0 Å². The fourth-order valence-electron chi connectivity index (χ4n) is 2.14. The van der Waals surface area contributed by atoms with Crippen LogP contribution < -0.4 is 16.2 Å². The molecule has 1 aromatic carbocycles. The van der Waals surface area contributed by atoms with Gasteiger partial charge in [-0.25, -0.2) is 4.79 Å². The van der Waals surface area contributed by atoms with E-state index in [-0.39, 0.29) is 17.3 Å². The highest BCUT2D eigenvalue weighted by atomic mass is 16.5. The molecule has 6 nitrogen and oxygen atoms in total. The second kappa shape index (κ2) is 5.97. The van der Waals surface area contributed by atoms with E-state index in [4.69, 9.17) is 16.2 Å². The molecule has 0 aliphatic heterocycles. The van der Waals surface area contributed by atoms with Crippen molar-refractivity contribution in [3.8, 4) is 5.75 Å². The lowest BCUT2D eigenvalue weighted by atomic mass is 10.1. The number of hydrogen-bond acceptors (Lipinski definition) is 5. The molecule has 2 aromatic rings. The van der Waals surface area contributed by atoms with Crippen LogP contribution in [-0.2, 0) is 0 Å². The number of anilines is 1. The molecule has 0 aliphatic rings. The Morgan fingerprint density at radius 1 is 1.48 bits per heavy atom. The zero-order chi connectivity index (χ0) is 15.6. The molecule has 1 atom stereocenters. The number of pyridine rings is 1. The summed E-state index contributed by atoms with van der Waals surface area (Å²) in [6.45, 7) is 3.93. The van der Waals surface area contributed by atoms with Crippen molar-refractivity contribution in [1.82, 2.24) is 4.98 Å². The second-order valence-electron chi connectivity index (χ2n) is 4.92. The van der Waals surface area contributed by atoms with Gasteiger partial charge in [0.1, 0.15) is 17.9 Å².